The molecule has 2 aromatic rings. The monoisotopic (exact) mass is 298 g/mol. The van der Waals surface area contributed by atoms with Crippen LogP contribution < -0.4 is 10.6 Å². The summed E-state index contributed by atoms with van der Waals surface area (Å²) in [7, 11) is 0. The van der Waals surface area contributed by atoms with Gasteiger partial charge in [0, 0.05) is 19.5 Å². The highest BCUT2D eigenvalue weighted by Crippen LogP contribution is 2.18. The fourth-order valence-electron chi connectivity index (χ4n) is 2.35. The highest BCUT2D eigenvalue weighted by molar-refractivity contribution is 5.90. The molecular formula is C18H22N2O2. The molecule has 0 fully saturated rings. The molecule has 0 saturated carbocycles. The second kappa shape index (κ2) is 8.17. The Morgan fingerprint density at radius 2 is 1.64 bits per heavy atom. The van der Waals surface area contributed by atoms with Crippen molar-refractivity contribution in [2.75, 3.05) is 13.1 Å². The van der Waals surface area contributed by atoms with E-state index in [2.05, 4.69) is 10.6 Å². The Kier molecular flexibility index (Phi) is 5.95. The van der Waals surface area contributed by atoms with Gasteiger partial charge in [0.25, 0.3) is 0 Å². The predicted molar refractivity (Wildman–Crippen MR) is 88.6 cm³/mol. The lowest BCUT2D eigenvalue weighted by atomic mass is 10.0. The third kappa shape index (κ3) is 4.58. The van der Waals surface area contributed by atoms with Gasteiger partial charge in [0.2, 0.25) is 11.8 Å². The van der Waals surface area contributed by atoms with Crippen LogP contribution in [0.5, 0.6) is 0 Å². The van der Waals surface area contributed by atoms with Crippen molar-refractivity contribution in [3.63, 3.8) is 0 Å². The Morgan fingerprint density at radius 3 is 2.45 bits per heavy atom. The van der Waals surface area contributed by atoms with Gasteiger partial charge in [-0.1, -0.05) is 49.4 Å². The molecule has 0 radical (unpaired) electrons. The third-order valence-corrected chi connectivity index (χ3v) is 3.48. The first-order valence-electron chi connectivity index (χ1n) is 7.70. The van der Waals surface area contributed by atoms with E-state index in [4.69, 9.17) is 0 Å². The normalized spacial score (nSPS) is 10.4. The first-order chi connectivity index (χ1) is 10.7. The number of carbonyl (C=O) groups is 2. The Bertz CT molecular complexity index is 647. The molecule has 2 rings (SSSR count). The maximum atomic E-state index is 12.0. The average molecular weight is 298 g/mol. The zero-order chi connectivity index (χ0) is 15.8. The molecule has 2 N–H and O–H groups in total. The molecule has 4 heteroatoms. The number of rotatable bonds is 7. The Morgan fingerprint density at radius 1 is 0.909 bits per heavy atom. The van der Waals surface area contributed by atoms with E-state index in [1.807, 2.05) is 49.4 Å². The zero-order valence-corrected chi connectivity index (χ0v) is 12.9. The number of amides is 2. The minimum absolute atomic E-state index is 0.0210. The van der Waals surface area contributed by atoms with E-state index in [-0.39, 0.29) is 11.8 Å². The molecule has 0 aromatic heterocycles. The molecule has 0 saturated heterocycles. The molecule has 0 unspecified atom stereocenters. The van der Waals surface area contributed by atoms with Crippen LogP contribution >= 0.6 is 0 Å². The van der Waals surface area contributed by atoms with E-state index in [1.165, 1.54) is 0 Å². The number of hydrogen-bond donors (Lipinski definition) is 2. The quantitative estimate of drug-likeness (QED) is 0.824. The molecule has 0 aliphatic rings. The minimum atomic E-state index is -0.0559. The van der Waals surface area contributed by atoms with Crippen molar-refractivity contribution in [1.29, 1.82) is 0 Å². The van der Waals surface area contributed by atoms with Gasteiger partial charge in [0.15, 0.2) is 0 Å². The number of fused-ring (bicyclic) bond motifs is 1. The lowest BCUT2D eigenvalue weighted by Crippen LogP contribution is -2.31. The van der Waals surface area contributed by atoms with Gasteiger partial charge in [-0.25, -0.2) is 0 Å². The molecule has 2 aromatic carbocycles. The van der Waals surface area contributed by atoms with E-state index in [9.17, 15) is 9.59 Å². The molecule has 4 nitrogen and oxygen atoms in total. The fraction of sp³-hybridized carbons (Fsp3) is 0.333. The van der Waals surface area contributed by atoms with Gasteiger partial charge in [-0.05, 0) is 22.8 Å². The molecule has 0 heterocycles. The van der Waals surface area contributed by atoms with E-state index < -0.39 is 0 Å². The van der Waals surface area contributed by atoms with Crippen molar-refractivity contribution in [2.45, 2.75) is 26.2 Å². The molecule has 0 aliphatic heterocycles. The van der Waals surface area contributed by atoms with E-state index in [0.717, 1.165) is 22.8 Å². The molecule has 116 valence electrons. The zero-order valence-electron chi connectivity index (χ0n) is 12.9. The number of hydrogen-bond acceptors (Lipinski definition) is 2. The summed E-state index contributed by atoms with van der Waals surface area (Å²) in [6, 6.07) is 14.0. The largest absolute Gasteiger partial charge is 0.356 e. The predicted octanol–water partition coefficient (Wildman–Crippen LogP) is 2.41. The minimum Gasteiger partial charge on any atom is -0.356 e. The van der Waals surface area contributed by atoms with Gasteiger partial charge >= 0.3 is 0 Å². The van der Waals surface area contributed by atoms with Crippen LogP contribution in [0.4, 0.5) is 0 Å². The maximum absolute atomic E-state index is 12.0. The molecule has 0 bridgehead atoms. The number of benzene rings is 2. The summed E-state index contributed by atoms with van der Waals surface area (Å²) in [6.07, 6.45) is 1.57. The van der Waals surface area contributed by atoms with Gasteiger partial charge in [-0.2, -0.15) is 0 Å². The van der Waals surface area contributed by atoms with E-state index >= 15 is 0 Å². The van der Waals surface area contributed by atoms with Crippen LogP contribution in [0, 0.1) is 0 Å². The summed E-state index contributed by atoms with van der Waals surface area (Å²) in [6.45, 7) is 3.06. The van der Waals surface area contributed by atoms with Gasteiger partial charge in [-0.3, -0.25) is 9.59 Å². The van der Waals surface area contributed by atoms with Crippen molar-refractivity contribution in [2.24, 2.45) is 0 Å². The molecule has 22 heavy (non-hydrogen) atoms. The van der Waals surface area contributed by atoms with E-state index in [1.54, 1.807) is 0 Å². The van der Waals surface area contributed by atoms with Crippen molar-refractivity contribution in [3.8, 4) is 0 Å². The van der Waals surface area contributed by atoms with Gasteiger partial charge < -0.3 is 10.6 Å². The summed E-state index contributed by atoms with van der Waals surface area (Å²) >= 11 is 0. The Balaban J connectivity index is 1.85. The first-order valence-corrected chi connectivity index (χ1v) is 7.70. The summed E-state index contributed by atoms with van der Waals surface area (Å²) < 4.78 is 0. The smallest absolute Gasteiger partial charge is 0.224 e. The van der Waals surface area contributed by atoms with Gasteiger partial charge in [0.1, 0.15) is 0 Å². The summed E-state index contributed by atoms with van der Waals surface area (Å²) in [5.74, 6) is -0.0769. The topological polar surface area (TPSA) is 58.2 Å². The van der Waals surface area contributed by atoms with Crippen molar-refractivity contribution >= 4 is 22.6 Å². The molecule has 0 aliphatic carbocycles. The van der Waals surface area contributed by atoms with Gasteiger partial charge in [0.05, 0.1) is 6.42 Å². The first kappa shape index (κ1) is 16.0. The second-order valence-corrected chi connectivity index (χ2v) is 5.26. The van der Waals surface area contributed by atoms with E-state index in [0.29, 0.717) is 25.9 Å². The highest BCUT2D eigenvalue weighted by Gasteiger charge is 2.07. The van der Waals surface area contributed by atoms with Crippen LogP contribution in [0.3, 0.4) is 0 Å². The highest BCUT2D eigenvalue weighted by atomic mass is 16.2. The average Bonchev–Trinajstić information content (AvgIpc) is 2.53. The van der Waals surface area contributed by atoms with Crippen molar-refractivity contribution in [3.05, 3.63) is 48.0 Å². The number of nitrogens with one attached hydrogen (secondary N) is 2. The van der Waals surface area contributed by atoms with Crippen LogP contribution in [-0.2, 0) is 16.0 Å². The maximum Gasteiger partial charge on any atom is 0.224 e. The van der Waals surface area contributed by atoms with Crippen LogP contribution in [0.15, 0.2) is 42.5 Å². The summed E-state index contributed by atoms with van der Waals surface area (Å²) in [5, 5.41) is 7.82. The Hall–Kier alpha value is -2.36. The van der Waals surface area contributed by atoms with Crippen molar-refractivity contribution in [1.82, 2.24) is 10.6 Å². The van der Waals surface area contributed by atoms with Crippen LogP contribution in [-0.4, -0.2) is 24.9 Å². The standard InChI is InChI=1S/C18H22N2O2/c1-2-11-19-17(21)10-12-20-18(22)13-15-8-5-7-14-6-3-4-9-16(14)15/h3-9H,2,10-13H2,1H3,(H,19,21)(H,20,22). The van der Waals surface area contributed by atoms with Crippen molar-refractivity contribution < 1.29 is 9.59 Å². The van der Waals surface area contributed by atoms with Gasteiger partial charge in [-0.15, -0.1) is 0 Å². The second-order valence-electron chi connectivity index (χ2n) is 5.26. The lowest BCUT2D eigenvalue weighted by molar-refractivity contribution is -0.122. The fourth-order valence-corrected chi connectivity index (χ4v) is 2.35. The molecule has 0 atom stereocenters. The third-order valence-electron chi connectivity index (χ3n) is 3.48. The molecular weight excluding hydrogens is 276 g/mol. The summed E-state index contributed by atoms with van der Waals surface area (Å²) in [4.78, 5) is 23.5. The van der Waals surface area contributed by atoms with Crippen LogP contribution in [0.25, 0.3) is 10.8 Å². The Labute approximate surface area is 130 Å². The number of carbonyl (C=O) groups excluding carboxylic acids is 2. The van der Waals surface area contributed by atoms with Crippen LogP contribution in [0.2, 0.25) is 0 Å². The lowest BCUT2D eigenvalue weighted by Gasteiger charge is -2.08. The molecule has 2 amide bonds. The summed E-state index contributed by atoms with van der Waals surface area (Å²) in [5.41, 5.74) is 1.01. The molecule has 0 spiro atoms. The SMILES string of the molecule is CCCNC(=O)CCNC(=O)Cc1cccc2ccccc12. The van der Waals surface area contributed by atoms with Crippen LogP contribution in [0.1, 0.15) is 25.3 Å².